The maximum Gasteiger partial charge on any atom is 0.0925 e. The number of aryl methyl sites for hydroxylation is 1. The number of nitrogens with one attached hydrogen (secondary N) is 2. The summed E-state index contributed by atoms with van der Waals surface area (Å²) < 4.78 is 10.9. The van der Waals surface area contributed by atoms with Crippen molar-refractivity contribution in [2.24, 2.45) is 0 Å². The maximum absolute atomic E-state index is 10.9. The molecule has 15 heavy (non-hydrogen) atoms. The Kier molecular flexibility index (Phi) is 4.98. The van der Waals surface area contributed by atoms with Crippen molar-refractivity contribution < 1.29 is 4.21 Å². The molecule has 0 amide bonds. The van der Waals surface area contributed by atoms with Crippen LogP contribution < -0.4 is 5.32 Å². The first kappa shape index (κ1) is 12.4. The average molecular weight is 229 g/mol. The Labute approximate surface area is 93.3 Å². The molecule has 0 spiro atoms. The van der Waals surface area contributed by atoms with Crippen molar-refractivity contribution in [1.82, 2.24) is 15.3 Å². The number of nitrogens with zero attached hydrogens (tertiary/aromatic N) is 1. The molecule has 0 bridgehead atoms. The van der Waals surface area contributed by atoms with Crippen molar-refractivity contribution in [1.29, 1.82) is 0 Å². The SMILES string of the molecule is Cc1[nH]cnc1CNC(C)CCS(C)=O. The van der Waals surface area contributed by atoms with Gasteiger partial charge < -0.3 is 10.3 Å². The van der Waals surface area contributed by atoms with Crippen molar-refractivity contribution >= 4 is 10.8 Å². The molecule has 0 saturated heterocycles. The predicted molar refractivity (Wildman–Crippen MR) is 63.2 cm³/mol. The summed E-state index contributed by atoms with van der Waals surface area (Å²) in [6.07, 6.45) is 4.38. The fourth-order valence-electron chi connectivity index (χ4n) is 1.28. The molecule has 1 rings (SSSR count). The number of aromatic amines is 1. The quantitative estimate of drug-likeness (QED) is 0.764. The van der Waals surface area contributed by atoms with Crippen LogP contribution in [0.5, 0.6) is 0 Å². The van der Waals surface area contributed by atoms with Gasteiger partial charge in [0, 0.05) is 41.1 Å². The first-order valence-corrected chi connectivity index (χ1v) is 6.84. The van der Waals surface area contributed by atoms with E-state index in [2.05, 4.69) is 22.2 Å². The van der Waals surface area contributed by atoms with E-state index in [9.17, 15) is 4.21 Å². The van der Waals surface area contributed by atoms with E-state index in [1.165, 1.54) is 0 Å². The standard InChI is InChI=1S/C10H19N3OS/c1-8(4-5-15(3)14)11-6-10-9(2)12-7-13-10/h7-8,11H,4-6H2,1-3H3,(H,12,13). The minimum atomic E-state index is -0.693. The Morgan fingerprint density at radius 1 is 1.67 bits per heavy atom. The second-order valence-corrected chi connectivity index (χ2v) is 5.38. The molecule has 5 heteroatoms. The van der Waals surface area contributed by atoms with Crippen molar-refractivity contribution in [3.8, 4) is 0 Å². The summed E-state index contributed by atoms with van der Waals surface area (Å²) >= 11 is 0. The number of H-pyrrole nitrogens is 1. The van der Waals surface area contributed by atoms with Gasteiger partial charge in [-0.2, -0.15) is 0 Å². The number of hydrogen-bond donors (Lipinski definition) is 2. The van der Waals surface area contributed by atoms with Gasteiger partial charge >= 0.3 is 0 Å². The lowest BCUT2D eigenvalue weighted by molar-refractivity contribution is 0.529. The first-order valence-electron chi connectivity index (χ1n) is 5.12. The fraction of sp³-hybridized carbons (Fsp3) is 0.700. The molecule has 0 aliphatic carbocycles. The van der Waals surface area contributed by atoms with E-state index in [0.29, 0.717) is 6.04 Å². The summed E-state index contributed by atoms with van der Waals surface area (Å²) in [7, 11) is -0.693. The molecular weight excluding hydrogens is 210 g/mol. The lowest BCUT2D eigenvalue weighted by Gasteiger charge is -2.12. The van der Waals surface area contributed by atoms with Gasteiger partial charge in [-0.25, -0.2) is 4.98 Å². The smallest absolute Gasteiger partial charge is 0.0925 e. The van der Waals surface area contributed by atoms with Gasteiger partial charge in [0.1, 0.15) is 0 Å². The summed E-state index contributed by atoms with van der Waals surface area (Å²) in [5.74, 6) is 0.758. The van der Waals surface area contributed by atoms with Gasteiger partial charge in [0.15, 0.2) is 0 Å². The molecule has 0 aliphatic rings. The number of hydrogen-bond acceptors (Lipinski definition) is 3. The van der Waals surface area contributed by atoms with Gasteiger partial charge in [-0.3, -0.25) is 4.21 Å². The molecule has 0 saturated carbocycles. The first-order chi connectivity index (χ1) is 7.09. The van der Waals surface area contributed by atoms with Gasteiger partial charge in [0.05, 0.1) is 12.0 Å². The molecule has 1 aromatic rings. The van der Waals surface area contributed by atoms with Crippen LogP contribution in [-0.2, 0) is 17.3 Å². The van der Waals surface area contributed by atoms with Crippen molar-refractivity contribution in [3.05, 3.63) is 17.7 Å². The van der Waals surface area contributed by atoms with E-state index in [1.807, 2.05) is 6.92 Å². The van der Waals surface area contributed by atoms with E-state index < -0.39 is 10.8 Å². The molecule has 86 valence electrons. The summed E-state index contributed by atoms with van der Waals surface area (Å²) in [6, 6.07) is 0.380. The summed E-state index contributed by atoms with van der Waals surface area (Å²) in [5, 5.41) is 3.36. The number of rotatable bonds is 6. The zero-order chi connectivity index (χ0) is 11.3. The summed E-state index contributed by atoms with van der Waals surface area (Å²) in [6.45, 7) is 4.89. The zero-order valence-electron chi connectivity index (χ0n) is 9.54. The lowest BCUT2D eigenvalue weighted by atomic mass is 10.2. The largest absolute Gasteiger partial charge is 0.348 e. The van der Waals surface area contributed by atoms with Gasteiger partial charge in [0.2, 0.25) is 0 Å². The maximum atomic E-state index is 10.9. The minimum Gasteiger partial charge on any atom is -0.348 e. The van der Waals surface area contributed by atoms with Crippen molar-refractivity contribution in [3.63, 3.8) is 0 Å². The van der Waals surface area contributed by atoms with Gasteiger partial charge in [0.25, 0.3) is 0 Å². The second kappa shape index (κ2) is 6.02. The van der Waals surface area contributed by atoms with Crippen LogP contribution in [0.2, 0.25) is 0 Å². The van der Waals surface area contributed by atoms with Crippen LogP contribution in [-0.4, -0.2) is 32.2 Å². The Morgan fingerprint density at radius 2 is 2.40 bits per heavy atom. The van der Waals surface area contributed by atoms with Crippen LogP contribution >= 0.6 is 0 Å². The van der Waals surface area contributed by atoms with Crippen molar-refractivity contribution in [2.45, 2.75) is 32.9 Å². The fourth-order valence-corrected chi connectivity index (χ4v) is 1.97. The molecule has 2 atom stereocenters. The van der Waals surface area contributed by atoms with Crippen LogP contribution in [0.15, 0.2) is 6.33 Å². The molecule has 0 aromatic carbocycles. The molecule has 2 unspecified atom stereocenters. The third-order valence-corrected chi connectivity index (χ3v) is 3.20. The van der Waals surface area contributed by atoms with E-state index >= 15 is 0 Å². The Balaban J connectivity index is 2.25. The van der Waals surface area contributed by atoms with Gasteiger partial charge in [-0.1, -0.05) is 0 Å². The molecule has 0 aliphatic heterocycles. The number of aromatic nitrogens is 2. The Morgan fingerprint density at radius 3 is 2.93 bits per heavy atom. The van der Waals surface area contributed by atoms with Crippen LogP contribution in [0.25, 0.3) is 0 Å². The second-order valence-electron chi connectivity index (χ2n) is 3.82. The lowest BCUT2D eigenvalue weighted by Crippen LogP contribution is -2.27. The van der Waals surface area contributed by atoms with Crippen molar-refractivity contribution in [2.75, 3.05) is 12.0 Å². The predicted octanol–water partition coefficient (Wildman–Crippen LogP) is 0.965. The molecule has 4 nitrogen and oxygen atoms in total. The highest BCUT2D eigenvalue weighted by Crippen LogP contribution is 2.01. The molecule has 0 fully saturated rings. The highest BCUT2D eigenvalue weighted by molar-refractivity contribution is 7.84. The highest BCUT2D eigenvalue weighted by atomic mass is 32.2. The zero-order valence-corrected chi connectivity index (χ0v) is 10.4. The van der Waals surface area contributed by atoms with E-state index in [4.69, 9.17) is 0 Å². The minimum absolute atomic E-state index is 0.380. The molecule has 0 radical (unpaired) electrons. The van der Waals surface area contributed by atoms with Crippen LogP contribution in [0.4, 0.5) is 0 Å². The van der Waals surface area contributed by atoms with Crippen LogP contribution in [0, 0.1) is 6.92 Å². The molecule has 2 N–H and O–H groups in total. The van der Waals surface area contributed by atoms with Crippen LogP contribution in [0.3, 0.4) is 0 Å². The van der Waals surface area contributed by atoms with Crippen LogP contribution in [0.1, 0.15) is 24.7 Å². The van der Waals surface area contributed by atoms with E-state index in [-0.39, 0.29) is 0 Å². The molecular formula is C10H19N3OS. The van der Waals surface area contributed by atoms with E-state index in [0.717, 1.165) is 30.1 Å². The normalized spacial score (nSPS) is 15.1. The van der Waals surface area contributed by atoms with Gasteiger partial charge in [-0.05, 0) is 20.3 Å². The highest BCUT2D eigenvalue weighted by Gasteiger charge is 2.05. The van der Waals surface area contributed by atoms with Gasteiger partial charge in [-0.15, -0.1) is 0 Å². The molecule has 1 aromatic heterocycles. The Bertz CT molecular complexity index is 324. The Hall–Kier alpha value is -0.680. The van der Waals surface area contributed by atoms with E-state index in [1.54, 1.807) is 12.6 Å². The average Bonchev–Trinajstić information content (AvgIpc) is 2.58. The summed E-state index contributed by atoms with van der Waals surface area (Å²) in [4.78, 5) is 7.25. The topological polar surface area (TPSA) is 57.8 Å². The third kappa shape index (κ3) is 4.57. The third-order valence-electron chi connectivity index (χ3n) is 2.39. The monoisotopic (exact) mass is 229 g/mol. The number of imidazole rings is 1. The molecule has 1 heterocycles. The summed E-state index contributed by atoms with van der Waals surface area (Å²) in [5.41, 5.74) is 2.16.